The summed E-state index contributed by atoms with van der Waals surface area (Å²) in [4.78, 5) is 0. The van der Waals surface area contributed by atoms with E-state index in [-0.39, 0.29) is 0 Å². The van der Waals surface area contributed by atoms with E-state index < -0.39 is 0 Å². The fourth-order valence-corrected chi connectivity index (χ4v) is 1.98. The van der Waals surface area contributed by atoms with E-state index in [1.54, 1.807) is 0 Å². The second kappa shape index (κ2) is 4.67. The van der Waals surface area contributed by atoms with Gasteiger partial charge in [-0.2, -0.15) is 0 Å². The Morgan fingerprint density at radius 2 is 1.80 bits per heavy atom. The van der Waals surface area contributed by atoms with Crippen LogP contribution < -0.4 is 0 Å². The molecule has 2 aromatic carbocycles. The number of unbranched alkanes of at least 4 members (excludes halogenated alkanes) is 1. The minimum Gasteiger partial charge on any atom is -0.0843 e. The largest absolute Gasteiger partial charge is 0.0843 e. The van der Waals surface area contributed by atoms with Gasteiger partial charge < -0.3 is 0 Å². The van der Waals surface area contributed by atoms with Crippen LogP contribution in [0.4, 0.5) is 0 Å². The smallest absolute Gasteiger partial charge is 0.0412 e. The first kappa shape index (κ1) is 10.5. The molecule has 1 heteroatoms. The molecule has 0 aliphatic rings. The van der Waals surface area contributed by atoms with E-state index in [2.05, 4.69) is 31.2 Å². The van der Waals surface area contributed by atoms with Crippen LogP contribution >= 0.6 is 11.6 Å². The number of aryl methyl sites for hydroxylation is 1. The van der Waals surface area contributed by atoms with E-state index in [9.17, 15) is 0 Å². The third-order valence-corrected chi connectivity index (χ3v) is 2.92. The van der Waals surface area contributed by atoms with Gasteiger partial charge in [0.2, 0.25) is 0 Å². The first-order valence-corrected chi connectivity index (χ1v) is 5.85. The van der Waals surface area contributed by atoms with E-state index in [0.29, 0.717) is 0 Å². The van der Waals surface area contributed by atoms with Crippen molar-refractivity contribution >= 4 is 22.4 Å². The van der Waals surface area contributed by atoms with Gasteiger partial charge in [-0.1, -0.05) is 49.2 Å². The Labute approximate surface area is 95.9 Å². The van der Waals surface area contributed by atoms with E-state index in [1.807, 2.05) is 12.1 Å². The lowest BCUT2D eigenvalue weighted by Crippen LogP contribution is -1.84. The Morgan fingerprint density at radius 1 is 1.00 bits per heavy atom. The molecule has 0 bridgehead atoms. The molecule has 0 N–H and O–H groups in total. The third kappa shape index (κ3) is 2.51. The molecule has 0 saturated carbocycles. The van der Waals surface area contributed by atoms with Crippen LogP contribution in [0.3, 0.4) is 0 Å². The summed E-state index contributed by atoms with van der Waals surface area (Å²) < 4.78 is 0. The topological polar surface area (TPSA) is 0 Å². The molecule has 0 aromatic heterocycles. The average molecular weight is 219 g/mol. The fourth-order valence-electron chi connectivity index (χ4n) is 1.80. The SMILES string of the molecule is CCCCc1ccc2ccc(Cl)cc2c1. The Hall–Kier alpha value is -1.01. The van der Waals surface area contributed by atoms with Crippen LogP contribution in [0, 0.1) is 0 Å². The lowest BCUT2D eigenvalue weighted by molar-refractivity contribution is 0.796. The molecule has 0 amide bonds. The normalized spacial score (nSPS) is 10.8. The Balaban J connectivity index is 2.36. The number of fused-ring (bicyclic) bond motifs is 1. The van der Waals surface area contributed by atoms with Gasteiger partial charge in [-0.25, -0.2) is 0 Å². The number of rotatable bonds is 3. The van der Waals surface area contributed by atoms with Gasteiger partial charge in [-0.3, -0.25) is 0 Å². The van der Waals surface area contributed by atoms with Gasteiger partial charge in [0, 0.05) is 5.02 Å². The van der Waals surface area contributed by atoms with Crippen LogP contribution in [-0.2, 0) is 6.42 Å². The van der Waals surface area contributed by atoms with Crippen LogP contribution in [0.1, 0.15) is 25.3 Å². The van der Waals surface area contributed by atoms with Crippen molar-refractivity contribution in [2.45, 2.75) is 26.2 Å². The van der Waals surface area contributed by atoms with E-state index >= 15 is 0 Å². The molecular weight excluding hydrogens is 204 g/mol. The molecule has 0 nitrogen and oxygen atoms in total. The highest BCUT2D eigenvalue weighted by Crippen LogP contribution is 2.21. The monoisotopic (exact) mass is 218 g/mol. The molecule has 0 aliphatic heterocycles. The Kier molecular flexibility index (Phi) is 3.27. The maximum Gasteiger partial charge on any atom is 0.0412 e. The predicted octanol–water partition coefficient (Wildman–Crippen LogP) is 4.84. The van der Waals surface area contributed by atoms with Crippen molar-refractivity contribution in [1.82, 2.24) is 0 Å². The van der Waals surface area contributed by atoms with Gasteiger partial charge in [-0.15, -0.1) is 0 Å². The average Bonchev–Trinajstić information content (AvgIpc) is 2.25. The fraction of sp³-hybridized carbons (Fsp3) is 0.286. The summed E-state index contributed by atoms with van der Waals surface area (Å²) >= 11 is 5.98. The number of benzene rings is 2. The highest BCUT2D eigenvalue weighted by Gasteiger charge is 1.97. The first-order chi connectivity index (χ1) is 7.29. The second-order valence-electron chi connectivity index (χ2n) is 3.93. The van der Waals surface area contributed by atoms with Crippen molar-refractivity contribution in [3.63, 3.8) is 0 Å². The van der Waals surface area contributed by atoms with Gasteiger partial charge >= 0.3 is 0 Å². The summed E-state index contributed by atoms with van der Waals surface area (Å²) in [5.41, 5.74) is 1.41. The van der Waals surface area contributed by atoms with E-state index in [0.717, 1.165) is 5.02 Å². The molecular formula is C14H15Cl. The molecule has 2 rings (SSSR count). The molecule has 0 fully saturated rings. The van der Waals surface area contributed by atoms with E-state index in [4.69, 9.17) is 11.6 Å². The van der Waals surface area contributed by atoms with Crippen molar-refractivity contribution in [3.05, 3.63) is 47.0 Å². The van der Waals surface area contributed by atoms with Crippen molar-refractivity contribution < 1.29 is 0 Å². The molecule has 0 saturated heterocycles. The van der Waals surface area contributed by atoms with Crippen molar-refractivity contribution in [1.29, 1.82) is 0 Å². The highest BCUT2D eigenvalue weighted by molar-refractivity contribution is 6.31. The predicted molar refractivity (Wildman–Crippen MR) is 67.6 cm³/mol. The molecule has 0 atom stereocenters. The van der Waals surface area contributed by atoms with Crippen molar-refractivity contribution in [3.8, 4) is 0 Å². The molecule has 0 aliphatic carbocycles. The second-order valence-corrected chi connectivity index (χ2v) is 4.37. The maximum atomic E-state index is 5.98. The standard InChI is InChI=1S/C14H15Cl/c1-2-3-4-11-5-6-12-7-8-14(15)10-13(12)9-11/h5-10H,2-4H2,1H3. The quantitative estimate of drug-likeness (QED) is 0.692. The van der Waals surface area contributed by atoms with Gasteiger partial charge in [0.15, 0.2) is 0 Å². The first-order valence-electron chi connectivity index (χ1n) is 5.48. The lowest BCUT2D eigenvalue weighted by atomic mass is 10.0. The zero-order valence-electron chi connectivity index (χ0n) is 8.96. The van der Waals surface area contributed by atoms with Gasteiger partial charge in [0.1, 0.15) is 0 Å². The number of hydrogen-bond donors (Lipinski definition) is 0. The van der Waals surface area contributed by atoms with Crippen LogP contribution in [0.25, 0.3) is 10.8 Å². The zero-order chi connectivity index (χ0) is 10.7. The molecule has 0 unspecified atom stereocenters. The van der Waals surface area contributed by atoms with E-state index in [1.165, 1.54) is 35.6 Å². The lowest BCUT2D eigenvalue weighted by Gasteiger charge is -2.03. The molecule has 15 heavy (non-hydrogen) atoms. The molecule has 0 radical (unpaired) electrons. The van der Waals surface area contributed by atoms with Crippen LogP contribution in [0.15, 0.2) is 36.4 Å². The summed E-state index contributed by atoms with van der Waals surface area (Å²) in [6.07, 6.45) is 3.67. The molecule has 78 valence electrons. The Morgan fingerprint density at radius 3 is 2.60 bits per heavy atom. The van der Waals surface area contributed by atoms with Crippen LogP contribution in [0.5, 0.6) is 0 Å². The summed E-state index contributed by atoms with van der Waals surface area (Å²) in [5, 5.41) is 3.32. The van der Waals surface area contributed by atoms with Gasteiger partial charge in [0.25, 0.3) is 0 Å². The summed E-state index contributed by atoms with van der Waals surface area (Å²) in [5.74, 6) is 0. The van der Waals surface area contributed by atoms with Gasteiger partial charge in [0.05, 0.1) is 0 Å². The van der Waals surface area contributed by atoms with Gasteiger partial charge in [-0.05, 0) is 41.3 Å². The highest BCUT2D eigenvalue weighted by atomic mass is 35.5. The van der Waals surface area contributed by atoms with Crippen LogP contribution in [-0.4, -0.2) is 0 Å². The summed E-state index contributed by atoms with van der Waals surface area (Å²) in [6, 6.07) is 12.7. The van der Waals surface area contributed by atoms with Crippen molar-refractivity contribution in [2.24, 2.45) is 0 Å². The minimum atomic E-state index is 0.815. The number of halogens is 1. The van der Waals surface area contributed by atoms with Crippen LogP contribution in [0.2, 0.25) is 5.02 Å². The number of hydrogen-bond acceptors (Lipinski definition) is 0. The summed E-state index contributed by atoms with van der Waals surface area (Å²) in [7, 11) is 0. The molecule has 0 spiro atoms. The maximum absolute atomic E-state index is 5.98. The third-order valence-electron chi connectivity index (χ3n) is 2.69. The molecule has 0 heterocycles. The van der Waals surface area contributed by atoms with Crippen molar-refractivity contribution in [2.75, 3.05) is 0 Å². The Bertz CT molecular complexity index is 460. The zero-order valence-corrected chi connectivity index (χ0v) is 9.72. The molecule has 2 aromatic rings. The summed E-state index contributed by atoms with van der Waals surface area (Å²) in [6.45, 7) is 2.22. The minimum absolute atomic E-state index is 0.815.